The van der Waals surface area contributed by atoms with E-state index in [9.17, 15) is 14.4 Å². The number of esters is 3. The van der Waals surface area contributed by atoms with Gasteiger partial charge in [0.05, 0.1) is 0 Å². The molecule has 0 radical (unpaired) electrons. The molecule has 6 heteroatoms. The van der Waals surface area contributed by atoms with E-state index in [-0.39, 0.29) is 31.1 Å². The summed E-state index contributed by atoms with van der Waals surface area (Å²) in [6.07, 6.45) is 78.7. The third-order valence-corrected chi connectivity index (χ3v) is 12.6. The number of rotatable bonds is 53. The maximum Gasteiger partial charge on any atom is 0.306 e. The van der Waals surface area contributed by atoms with Crippen LogP contribution in [0.5, 0.6) is 0 Å². The fourth-order valence-corrected chi connectivity index (χ4v) is 8.12. The van der Waals surface area contributed by atoms with E-state index >= 15 is 0 Å². The molecule has 0 aromatic rings. The minimum atomic E-state index is -0.782. The minimum Gasteiger partial charge on any atom is -0.462 e. The summed E-state index contributed by atoms with van der Waals surface area (Å²) in [7, 11) is 0. The van der Waals surface area contributed by atoms with Crippen molar-refractivity contribution in [1.29, 1.82) is 0 Å². The van der Waals surface area contributed by atoms with Gasteiger partial charge in [-0.2, -0.15) is 0 Å². The Labute approximate surface area is 438 Å². The lowest BCUT2D eigenvalue weighted by molar-refractivity contribution is -0.167. The minimum absolute atomic E-state index is 0.0831. The fourth-order valence-electron chi connectivity index (χ4n) is 8.12. The van der Waals surface area contributed by atoms with Gasteiger partial charge in [-0.25, -0.2) is 0 Å². The van der Waals surface area contributed by atoms with Crippen molar-refractivity contribution in [2.24, 2.45) is 0 Å². The van der Waals surface area contributed by atoms with E-state index in [0.29, 0.717) is 19.3 Å². The van der Waals surface area contributed by atoms with Gasteiger partial charge in [0.1, 0.15) is 13.2 Å². The average molecular weight is 988 g/mol. The molecule has 71 heavy (non-hydrogen) atoms. The van der Waals surface area contributed by atoms with E-state index in [2.05, 4.69) is 118 Å². The largest absolute Gasteiger partial charge is 0.462 e. The second kappa shape index (κ2) is 58.9. The Morgan fingerprint density at radius 1 is 0.296 bits per heavy atom. The zero-order valence-corrected chi connectivity index (χ0v) is 46.5. The van der Waals surface area contributed by atoms with Crippen molar-refractivity contribution < 1.29 is 28.6 Å². The maximum absolute atomic E-state index is 12.8. The van der Waals surface area contributed by atoms with Crippen LogP contribution in [0.4, 0.5) is 0 Å². The van der Waals surface area contributed by atoms with Crippen molar-refractivity contribution in [1.82, 2.24) is 0 Å². The molecular weight excluding hydrogens is 877 g/mol. The molecule has 0 saturated carbocycles. The quantitative estimate of drug-likeness (QED) is 0.0261. The molecule has 406 valence electrons. The van der Waals surface area contributed by atoms with E-state index in [4.69, 9.17) is 14.2 Å². The van der Waals surface area contributed by atoms with Crippen LogP contribution in [-0.2, 0) is 28.6 Å². The lowest BCUT2D eigenvalue weighted by Crippen LogP contribution is -2.30. The zero-order chi connectivity index (χ0) is 51.4. The predicted octanol–water partition coefficient (Wildman–Crippen LogP) is 20.1. The monoisotopic (exact) mass is 987 g/mol. The Morgan fingerprint density at radius 3 is 0.859 bits per heavy atom. The van der Waals surface area contributed by atoms with E-state index in [1.165, 1.54) is 116 Å². The number of unbranched alkanes of at least 4 members (excludes halogenated alkanes) is 26. The summed E-state index contributed by atoms with van der Waals surface area (Å²) in [6.45, 7) is 6.43. The molecule has 0 spiro atoms. The molecule has 0 aliphatic heterocycles. The number of hydrogen-bond acceptors (Lipinski definition) is 6. The predicted molar refractivity (Wildman–Crippen MR) is 307 cm³/mol. The summed E-state index contributed by atoms with van der Waals surface area (Å²) in [5.41, 5.74) is 0. The van der Waals surface area contributed by atoms with Crippen LogP contribution in [-0.4, -0.2) is 37.2 Å². The summed E-state index contributed by atoms with van der Waals surface area (Å²) < 4.78 is 16.7. The first-order valence-electron chi connectivity index (χ1n) is 29.7. The van der Waals surface area contributed by atoms with Gasteiger partial charge in [0.15, 0.2) is 6.10 Å². The average Bonchev–Trinajstić information content (AvgIpc) is 3.37. The van der Waals surface area contributed by atoms with Gasteiger partial charge < -0.3 is 14.2 Å². The van der Waals surface area contributed by atoms with Gasteiger partial charge in [-0.15, -0.1) is 0 Å². The second-order valence-electron chi connectivity index (χ2n) is 19.5. The summed E-state index contributed by atoms with van der Waals surface area (Å²) in [5.74, 6) is -0.907. The highest BCUT2D eigenvalue weighted by atomic mass is 16.6. The lowest BCUT2D eigenvalue weighted by atomic mass is 10.1. The molecule has 0 N–H and O–H groups in total. The van der Waals surface area contributed by atoms with Gasteiger partial charge >= 0.3 is 17.9 Å². The first-order chi connectivity index (χ1) is 35.0. The summed E-state index contributed by atoms with van der Waals surface area (Å²) in [4.78, 5) is 37.9. The molecule has 0 aliphatic carbocycles. The SMILES string of the molecule is CC/C=C\C/C=C\C/C=C\C/C=C\C/C=C\CCCCCCCCCCCC(=O)OCC(COC(=O)CCCCCCC)OC(=O)CCCCCCCCCC/C=C\C/C=C\C/C=C\CCCCCCC. The Bertz CT molecular complexity index is 1410. The van der Waals surface area contributed by atoms with Crippen LogP contribution in [0.1, 0.15) is 278 Å². The summed E-state index contributed by atoms with van der Waals surface area (Å²) >= 11 is 0. The third-order valence-electron chi connectivity index (χ3n) is 12.6. The van der Waals surface area contributed by atoms with Gasteiger partial charge in [0.25, 0.3) is 0 Å². The molecule has 0 aromatic heterocycles. The molecule has 0 fully saturated rings. The molecule has 6 nitrogen and oxygen atoms in total. The molecule has 0 amide bonds. The van der Waals surface area contributed by atoms with Gasteiger partial charge in [0, 0.05) is 19.3 Å². The van der Waals surface area contributed by atoms with Crippen LogP contribution in [0.25, 0.3) is 0 Å². The molecule has 0 aliphatic rings. The highest BCUT2D eigenvalue weighted by molar-refractivity contribution is 5.71. The molecule has 0 rings (SSSR count). The van der Waals surface area contributed by atoms with Crippen LogP contribution >= 0.6 is 0 Å². The van der Waals surface area contributed by atoms with Gasteiger partial charge in [-0.05, 0) is 103 Å². The number of carbonyl (C=O) groups is 3. The molecule has 1 atom stereocenters. The number of ether oxygens (including phenoxy) is 3. The standard InChI is InChI=1S/C65H110O6/c1-4-7-10-13-15-17-19-21-23-25-27-29-31-32-34-35-37-39-41-43-45-47-49-52-55-58-64(67)70-61-62(60-69-63(66)57-54-51-12-9-6-3)71-65(68)59-56-53-50-48-46-44-42-40-38-36-33-30-28-26-24-22-20-18-16-14-11-8-5-2/h7,10,15,17,20-23,26-29,32-34,36,62H,4-6,8-9,11-14,16,18-19,24-25,30-31,35,37-61H2,1-3H3/b10-7-,17-15-,22-20-,23-21-,28-26-,29-27-,34-32-,36-33-. The summed E-state index contributed by atoms with van der Waals surface area (Å²) in [5, 5.41) is 0. The van der Waals surface area contributed by atoms with Crippen LogP contribution in [0.2, 0.25) is 0 Å². The Hall–Kier alpha value is -3.67. The van der Waals surface area contributed by atoms with Crippen LogP contribution in [0.15, 0.2) is 97.2 Å². The Kier molecular flexibility index (Phi) is 55.9. The van der Waals surface area contributed by atoms with E-state index in [1.54, 1.807) is 0 Å². The highest BCUT2D eigenvalue weighted by Crippen LogP contribution is 2.15. The fraction of sp³-hybridized carbons (Fsp3) is 0.708. The Balaban J connectivity index is 4.13. The molecule has 1 unspecified atom stereocenters. The van der Waals surface area contributed by atoms with Crippen molar-refractivity contribution in [2.75, 3.05) is 13.2 Å². The second-order valence-corrected chi connectivity index (χ2v) is 19.5. The maximum atomic E-state index is 12.8. The number of carbonyl (C=O) groups excluding carboxylic acids is 3. The Morgan fingerprint density at radius 2 is 0.549 bits per heavy atom. The lowest BCUT2D eigenvalue weighted by Gasteiger charge is -2.18. The summed E-state index contributed by atoms with van der Waals surface area (Å²) in [6, 6.07) is 0. The number of allylic oxidation sites excluding steroid dienone is 16. The molecule has 0 saturated heterocycles. The molecular formula is C65H110O6. The first-order valence-corrected chi connectivity index (χ1v) is 29.7. The molecule has 0 bridgehead atoms. The van der Waals surface area contributed by atoms with Crippen molar-refractivity contribution in [3.8, 4) is 0 Å². The first kappa shape index (κ1) is 67.3. The van der Waals surface area contributed by atoms with Crippen molar-refractivity contribution in [3.05, 3.63) is 97.2 Å². The molecule has 0 heterocycles. The van der Waals surface area contributed by atoms with Gasteiger partial charge in [0.2, 0.25) is 0 Å². The van der Waals surface area contributed by atoms with Crippen molar-refractivity contribution in [2.45, 2.75) is 284 Å². The van der Waals surface area contributed by atoms with Crippen LogP contribution < -0.4 is 0 Å². The zero-order valence-electron chi connectivity index (χ0n) is 46.5. The van der Waals surface area contributed by atoms with Crippen LogP contribution in [0.3, 0.4) is 0 Å². The third kappa shape index (κ3) is 57.1. The van der Waals surface area contributed by atoms with E-state index in [0.717, 1.165) is 122 Å². The van der Waals surface area contributed by atoms with Crippen LogP contribution in [0, 0.1) is 0 Å². The number of hydrogen-bond donors (Lipinski definition) is 0. The van der Waals surface area contributed by atoms with Crippen molar-refractivity contribution >= 4 is 17.9 Å². The van der Waals surface area contributed by atoms with Gasteiger partial charge in [-0.3, -0.25) is 14.4 Å². The van der Waals surface area contributed by atoms with Gasteiger partial charge in [-0.1, -0.05) is 253 Å². The van der Waals surface area contributed by atoms with Crippen molar-refractivity contribution in [3.63, 3.8) is 0 Å². The topological polar surface area (TPSA) is 78.9 Å². The smallest absolute Gasteiger partial charge is 0.306 e. The van der Waals surface area contributed by atoms with E-state index < -0.39 is 6.10 Å². The molecule has 0 aromatic carbocycles. The van der Waals surface area contributed by atoms with E-state index in [1.807, 2.05) is 0 Å². The highest BCUT2D eigenvalue weighted by Gasteiger charge is 2.19. The normalized spacial score (nSPS) is 12.8.